The largest absolute Gasteiger partial charge is 0.496 e. The molecule has 0 fully saturated rings. The molecule has 1 aromatic heterocycles. The van der Waals surface area contributed by atoms with Gasteiger partial charge in [0, 0.05) is 17.7 Å². The second-order valence-corrected chi connectivity index (χ2v) is 7.00. The number of Topliss-reactive ketones (excluding diaryl/α,β-unsaturated/α-hetero) is 1. The van der Waals surface area contributed by atoms with Crippen molar-refractivity contribution in [1.29, 1.82) is 5.26 Å². The van der Waals surface area contributed by atoms with Crippen LogP contribution in [0.1, 0.15) is 44.8 Å². The Bertz CT molecular complexity index is 862. The zero-order valence-corrected chi connectivity index (χ0v) is 15.5. The SMILES string of the molecule is COc1ccc(C)cc1C(=O)CCC(=O)Nc1sc(C)c(C)c1C#N. The molecule has 0 bridgehead atoms. The van der Waals surface area contributed by atoms with Crippen molar-refractivity contribution in [2.45, 2.75) is 33.6 Å². The van der Waals surface area contributed by atoms with E-state index in [1.807, 2.05) is 26.8 Å². The molecular weight excluding hydrogens is 336 g/mol. The Hall–Kier alpha value is -2.65. The van der Waals surface area contributed by atoms with E-state index in [-0.39, 0.29) is 24.5 Å². The molecule has 2 aromatic rings. The first-order valence-electron chi connectivity index (χ1n) is 7.85. The monoisotopic (exact) mass is 356 g/mol. The summed E-state index contributed by atoms with van der Waals surface area (Å²) in [6, 6.07) is 7.49. The molecule has 2 rings (SSSR count). The highest BCUT2D eigenvalue weighted by molar-refractivity contribution is 7.16. The molecule has 0 saturated carbocycles. The lowest BCUT2D eigenvalue weighted by Crippen LogP contribution is -2.14. The van der Waals surface area contributed by atoms with Crippen LogP contribution < -0.4 is 10.1 Å². The van der Waals surface area contributed by atoms with E-state index in [1.165, 1.54) is 18.4 Å². The van der Waals surface area contributed by atoms with E-state index < -0.39 is 0 Å². The number of rotatable bonds is 6. The van der Waals surface area contributed by atoms with Gasteiger partial charge in [0.05, 0.1) is 18.2 Å². The molecule has 1 aromatic carbocycles. The van der Waals surface area contributed by atoms with Gasteiger partial charge in [0.2, 0.25) is 5.91 Å². The summed E-state index contributed by atoms with van der Waals surface area (Å²) in [5.74, 6) is 0.0831. The van der Waals surface area contributed by atoms with Crippen LogP contribution in [0.4, 0.5) is 5.00 Å². The molecule has 0 aliphatic carbocycles. The highest BCUT2D eigenvalue weighted by atomic mass is 32.1. The minimum atomic E-state index is -0.280. The van der Waals surface area contributed by atoms with Crippen molar-refractivity contribution < 1.29 is 14.3 Å². The van der Waals surface area contributed by atoms with Crippen LogP contribution in [0.2, 0.25) is 0 Å². The van der Waals surface area contributed by atoms with Gasteiger partial charge in [-0.15, -0.1) is 11.3 Å². The number of nitrogens with one attached hydrogen (secondary N) is 1. The quantitative estimate of drug-likeness (QED) is 0.788. The van der Waals surface area contributed by atoms with Crippen molar-refractivity contribution in [1.82, 2.24) is 0 Å². The van der Waals surface area contributed by atoms with E-state index in [0.717, 1.165) is 16.0 Å². The van der Waals surface area contributed by atoms with Crippen molar-refractivity contribution >= 4 is 28.0 Å². The Morgan fingerprint density at radius 3 is 2.60 bits per heavy atom. The van der Waals surface area contributed by atoms with E-state index in [9.17, 15) is 14.9 Å². The summed E-state index contributed by atoms with van der Waals surface area (Å²) >= 11 is 1.37. The van der Waals surface area contributed by atoms with Crippen LogP contribution in [0.3, 0.4) is 0 Å². The highest BCUT2D eigenvalue weighted by Gasteiger charge is 2.17. The number of aryl methyl sites for hydroxylation is 2. The predicted octanol–water partition coefficient (Wildman–Crippen LogP) is 4.16. The zero-order valence-electron chi connectivity index (χ0n) is 14.7. The van der Waals surface area contributed by atoms with Crippen LogP contribution >= 0.6 is 11.3 Å². The molecule has 1 heterocycles. The van der Waals surface area contributed by atoms with Gasteiger partial charge in [-0.1, -0.05) is 11.6 Å². The molecule has 0 aliphatic heterocycles. The molecule has 1 N–H and O–H groups in total. The fourth-order valence-electron chi connectivity index (χ4n) is 2.44. The summed E-state index contributed by atoms with van der Waals surface area (Å²) in [6.45, 7) is 5.66. The minimum Gasteiger partial charge on any atom is -0.496 e. The summed E-state index contributed by atoms with van der Waals surface area (Å²) in [5, 5.41) is 12.5. The van der Waals surface area contributed by atoms with Crippen LogP contribution in [0.25, 0.3) is 0 Å². The molecule has 0 atom stereocenters. The fraction of sp³-hybridized carbons (Fsp3) is 0.316. The maximum Gasteiger partial charge on any atom is 0.225 e. The lowest BCUT2D eigenvalue weighted by atomic mass is 10.0. The maximum absolute atomic E-state index is 12.4. The van der Waals surface area contributed by atoms with Crippen molar-refractivity contribution in [3.63, 3.8) is 0 Å². The molecule has 0 aliphatic rings. The number of ketones is 1. The van der Waals surface area contributed by atoms with Gasteiger partial charge in [-0.05, 0) is 38.5 Å². The van der Waals surface area contributed by atoms with Crippen LogP contribution in [-0.4, -0.2) is 18.8 Å². The average Bonchev–Trinajstić information content (AvgIpc) is 2.85. The Morgan fingerprint density at radius 1 is 1.24 bits per heavy atom. The van der Waals surface area contributed by atoms with Crippen molar-refractivity contribution in [2.75, 3.05) is 12.4 Å². The molecular formula is C19H20N2O3S. The average molecular weight is 356 g/mol. The second-order valence-electron chi connectivity index (χ2n) is 5.77. The van der Waals surface area contributed by atoms with Crippen LogP contribution in [-0.2, 0) is 4.79 Å². The van der Waals surface area contributed by atoms with Gasteiger partial charge in [-0.25, -0.2) is 0 Å². The number of nitriles is 1. The number of thiophene rings is 1. The number of hydrogen-bond acceptors (Lipinski definition) is 5. The number of carbonyl (C=O) groups excluding carboxylic acids is 2. The highest BCUT2D eigenvalue weighted by Crippen LogP contribution is 2.31. The van der Waals surface area contributed by atoms with E-state index in [1.54, 1.807) is 12.1 Å². The number of nitrogens with zero attached hydrogens (tertiary/aromatic N) is 1. The van der Waals surface area contributed by atoms with E-state index >= 15 is 0 Å². The lowest BCUT2D eigenvalue weighted by molar-refractivity contribution is -0.116. The third-order valence-corrected chi connectivity index (χ3v) is 5.11. The number of ether oxygens (including phenoxy) is 1. The molecule has 25 heavy (non-hydrogen) atoms. The smallest absolute Gasteiger partial charge is 0.225 e. The van der Waals surface area contributed by atoms with Crippen molar-refractivity contribution in [2.24, 2.45) is 0 Å². The van der Waals surface area contributed by atoms with Gasteiger partial charge < -0.3 is 10.1 Å². The summed E-state index contributed by atoms with van der Waals surface area (Å²) in [6.07, 6.45) is 0.133. The van der Waals surface area contributed by atoms with E-state index in [2.05, 4.69) is 11.4 Å². The molecule has 0 unspecified atom stereocenters. The number of amides is 1. The van der Waals surface area contributed by atoms with Crippen molar-refractivity contribution in [3.05, 3.63) is 45.3 Å². The Kier molecular flexibility index (Phi) is 5.94. The predicted molar refractivity (Wildman–Crippen MR) is 98.4 cm³/mol. The molecule has 1 amide bonds. The van der Waals surface area contributed by atoms with Crippen LogP contribution in [0.15, 0.2) is 18.2 Å². The van der Waals surface area contributed by atoms with Gasteiger partial charge in [0.25, 0.3) is 0 Å². The molecule has 0 saturated heterocycles. The Labute approximate surface area is 151 Å². The van der Waals surface area contributed by atoms with Gasteiger partial charge in [0.15, 0.2) is 5.78 Å². The zero-order chi connectivity index (χ0) is 18.6. The number of methoxy groups -OCH3 is 1. The van der Waals surface area contributed by atoms with Gasteiger partial charge in [-0.2, -0.15) is 5.26 Å². The summed E-state index contributed by atoms with van der Waals surface area (Å²) < 4.78 is 5.21. The third-order valence-electron chi connectivity index (χ3n) is 3.98. The van der Waals surface area contributed by atoms with Gasteiger partial charge in [-0.3, -0.25) is 9.59 Å². The Morgan fingerprint density at radius 2 is 1.96 bits per heavy atom. The first-order valence-corrected chi connectivity index (χ1v) is 8.66. The fourth-order valence-corrected chi connectivity index (χ4v) is 3.47. The van der Waals surface area contributed by atoms with Crippen molar-refractivity contribution in [3.8, 4) is 11.8 Å². The molecule has 0 radical (unpaired) electrons. The van der Waals surface area contributed by atoms with E-state index in [0.29, 0.717) is 21.9 Å². The summed E-state index contributed by atoms with van der Waals surface area (Å²) in [7, 11) is 1.51. The standard InChI is InChI=1S/C19H20N2O3S/c1-11-5-7-17(24-4)14(9-11)16(22)6-8-18(23)21-19-15(10-20)12(2)13(3)25-19/h5,7,9H,6,8H2,1-4H3,(H,21,23). The number of benzene rings is 1. The lowest BCUT2D eigenvalue weighted by Gasteiger charge is -2.08. The molecule has 130 valence electrons. The molecule has 0 spiro atoms. The Balaban J connectivity index is 2.03. The van der Waals surface area contributed by atoms with Gasteiger partial charge >= 0.3 is 0 Å². The number of anilines is 1. The first-order chi connectivity index (χ1) is 11.9. The van der Waals surface area contributed by atoms with Gasteiger partial charge in [0.1, 0.15) is 16.8 Å². The van der Waals surface area contributed by atoms with Crippen LogP contribution in [0.5, 0.6) is 5.75 Å². The van der Waals surface area contributed by atoms with E-state index in [4.69, 9.17) is 4.74 Å². The third kappa shape index (κ3) is 4.25. The normalized spacial score (nSPS) is 10.2. The second kappa shape index (κ2) is 7.95. The number of carbonyl (C=O) groups is 2. The summed E-state index contributed by atoms with van der Waals surface area (Å²) in [4.78, 5) is 25.6. The number of hydrogen-bond donors (Lipinski definition) is 1. The van der Waals surface area contributed by atoms with Crippen LogP contribution in [0, 0.1) is 32.1 Å². The summed E-state index contributed by atoms with van der Waals surface area (Å²) in [5.41, 5.74) is 2.80. The molecule has 6 heteroatoms. The first kappa shape index (κ1) is 18.7. The topological polar surface area (TPSA) is 79.2 Å². The molecule has 5 nitrogen and oxygen atoms in total. The minimum absolute atomic E-state index is 0.0524. The maximum atomic E-state index is 12.4.